The monoisotopic (exact) mass is 264 g/mol. The lowest BCUT2D eigenvalue weighted by Gasteiger charge is -2.26. The van der Waals surface area contributed by atoms with Crippen molar-refractivity contribution in [2.45, 2.75) is 32.2 Å². The van der Waals surface area contributed by atoms with Gasteiger partial charge in [0.1, 0.15) is 0 Å². The lowest BCUT2D eigenvalue weighted by Crippen LogP contribution is -2.46. The molecule has 5 heteroatoms. The number of hydrogen-bond donors (Lipinski definition) is 2. The molecule has 0 spiro atoms. The first-order valence-corrected chi connectivity index (χ1v) is 6.40. The van der Waals surface area contributed by atoms with Crippen LogP contribution < -0.4 is 20.5 Å². The van der Waals surface area contributed by atoms with Crippen LogP contribution in [0.15, 0.2) is 18.2 Å². The van der Waals surface area contributed by atoms with Gasteiger partial charge in [-0.05, 0) is 44.4 Å². The number of carbonyl (C=O) groups is 1. The second-order valence-corrected chi connectivity index (χ2v) is 5.32. The number of fused-ring (bicyclic) bond motifs is 1. The molecular weight excluding hydrogens is 244 g/mol. The SMILES string of the molecule is CC(C)(CCc1ccc2c(c1)OCO2)NC(=O)CN. The Morgan fingerprint density at radius 3 is 2.84 bits per heavy atom. The van der Waals surface area contributed by atoms with E-state index in [4.69, 9.17) is 15.2 Å². The van der Waals surface area contributed by atoms with Crippen molar-refractivity contribution in [3.05, 3.63) is 23.8 Å². The highest BCUT2D eigenvalue weighted by molar-refractivity contribution is 5.78. The molecule has 0 atom stereocenters. The van der Waals surface area contributed by atoms with Crippen LogP contribution in [-0.4, -0.2) is 24.8 Å². The fourth-order valence-electron chi connectivity index (χ4n) is 2.04. The van der Waals surface area contributed by atoms with Crippen molar-refractivity contribution in [2.24, 2.45) is 5.73 Å². The number of rotatable bonds is 5. The van der Waals surface area contributed by atoms with Gasteiger partial charge in [-0.1, -0.05) is 6.07 Å². The molecule has 0 radical (unpaired) electrons. The molecule has 1 amide bonds. The lowest BCUT2D eigenvalue weighted by atomic mass is 9.95. The minimum atomic E-state index is -0.271. The Kier molecular flexibility index (Phi) is 3.95. The summed E-state index contributed by atoms with van der Waals surface area (Å²) in [6, 6.07) is 5.93. The second-order valence-electron chi connectivity index (χ2n) is 5.32. The number of carbonyl (C=O) groups excluding carboxylic acids is 1. The highest BCUT2D eigenvalue weighted by Crippen LogP contribution is 2.33. The summed E-state index contributed by atoms with van der Waals surface area (Å²) >= 11 is 0. The number of hydrogen-bond acceptors (Lipinski definition) is 4. The van der Waals surface area contributed by atoms with E-state index in [-0.39, 0.29) is 24.8 Å². The molecule has 0 bridgehead atoms. The van der Waals surface area contributed by atoms with E-state index in [1.807, 2.05) is 32.0 Å². The molecule has 0 aromatic heterocycles. The molecule has 0 saturated carbocycles. The maximum absolute atomic E-state index is 11.3. The third-order valence-electron chi connectivity index (χ3n) is 3.14. The number of amides is 1. The summed E-state index contributed by atoms with van der Waals surface area (Å²) in [5.74, 6) is 1.46. The largest absolute Gasteiger partial charge is 0.454 e. The highest BCUT2D eigenvalue weighted by atomic mass is 16.7. The molecule has 0 fully saturated rings. The first-order chi connectivity index (χ1) is 9.00. The summed E-state index contributed by atoms with van der Waals surface area (Å²) < 4.78 is 10.6. The molecule has 104 valence electrons. The van der Waals surface area contributed by atoms with Crippen LogP contribution >= 0.6 is 0 Å². The van der Waals surface area contributed by atoms with Crippen LogP contribution in [0.3, 0.4) is 0 Å². The van der Waals surface area contributed by atoms with Gasteiger partial charge in [0.05, 0.1) is 6.54 Å². The molecular formula is C14H20N2O3. The molecule has 5 nitrogen and oxygen atoms in total. The van der Waals surface area contributed by atoms with E-state index in [9.17, 15) is 4.79 Å². The van der Waals surface area contributed by atoms with E-state index in [2.05, 4.69) is 5.32 Å². The van der Waals surface area contributed by atoms with Crippen LogP contribution in [0.1, 0.15) is 25.8 Å². The van der Waals surface area contributed by atoms with Gasteiger partial charge in [0.2, 0.25) is 12.7 Å². The first-order valence-electron chi connectivity index (χ1n) is 6.40. The number of ether oxygens (including phenoxy) is 2. The summed E-state index contributed by atoms with van der Waals surface area (Å²) in [4.78, 5) is 11.3. The smallest absolute Gasteiger partial charge is 0.234 e. The minimum Gasteiger partial charge on any atom is -0.454 e. The van der Waals surface area contributed by atoms with Gasteiger partial charge >= 0.3 is 0 Å². The highest BCUT2D eigenvalue weighted by Gasteiger charge is 2.20. The third kappa shape index (κ3) is 3.61. The normalized spacial score (nSPS) is 13.4. The predicted molar refractivity (Wildman–Crippen MR) is 72.2 cm³/mol. The summed E-state index contributed by atoms with van der Waals surface area (Å²) in [7, 11) is 0. The van der Waals surface area contributed by atoms with Gasteiger partial charge in [-0.15, -0.1) is 0 Å². The molecule has 1 aliphatic heterocycles. The van der Waals surface area contributed by atoms with Crippen molar-refractivity contribution >= 4 is 5.91 Å². The van der Waals surface area contributed by atoms with Crippen molar-refractivity contribution in [3.63, 3.8) is 0 Å². The van der Waals surface area contributed by atoms with Gasteiger partial charge in [-0.3, -0.25) is 4.79 Å². The van der Waals surface area contributed by atoms with E-state index in [0.717, 1.165) is 24.3 Å². The summed E-state index contributed by atoms with van der Waals surface area (Å²) in [6.45, 7) is 4.30. The Labute approximate surface area is 113 Å². The van der Waals surface area contributed by atoms with Crippen LogP contribution in [0, 0.1) is 0 Å². The molecule has 0 aliphatic carbocycles. The van der Waals surface area contributed by atoms with Crippen LogP contribution in [0.5, 0.6) is 11.5 Å². The van der Waals surface area contributed by atoms with E-state index in [1.165, 1.54) is 5.56 Å². The summed E-state index contributed by atoms with van der Waals surface area (Å²) in [6.07, 6.45) is 1.69. The zero-order valence-corrected chi connectivity index (χ0v) is 11.4. The Bertz CT molecular complexity index is 472. The summed E-state index contributed by atoms with van der Waals surface area (Å²) in [5.41, 5.74) is 6.20. The van der Waals surface area contributed by atoms with Gasteiger partial charge in [0.15, 0.2) is 11.5 Å². The predicted octanol–water partition coefficient (Wildman–Crippen LogP) is 1.20. The molecule has 0 saturated heterocycles. The first kappa shape index (κ1) is 13.7. The quantitative estimate of drug-likeness (QED) is 0.838. The Morgan fingerprint density at radius 1 is 1.37 bits per heavy atom. The minimum absolute atomic E-state index is 0.0213. The molecule has 1 aromatic carbocycles. The standard InChI is InChI=1S/C14H20N2O3/c1-14(2,16-13(17)8-15)6-5-10-3-4-11-12(7-10)19-9-18-11/h3-4,7H,5-6,8-9,15H2,1-2H3,(H,16,17). The zero-order valence-electron chi connectivity index (χ0n) is 11.4. The van der Waals surface area contributed by atoms with E-state index >= 15 is 0 Å². The number of nitrogens with two attached hydrogens (primary N) is 1. The maximum Gasteiger partial charge on any atom is 0.234 e. The van der Waals surface area contributed by atoms with Gasteiger partial charge < -0.3 is 20.5 Å². The lowest BCUT2D eigenvalue weighted by molar-refractivity contribution is -0.121. The average Bonchev–Trinajstić information content (AvgIpc) is 2.83. The van der Waals surface area contributed by atoms with Crippen LogP contribution in [0.2, 0.25) is 0 Å². The maximum atomic E-state index is 11.3. The topological polar surface area (TPSA) is 73.6 Å². The van der Waals surface area contributed by atoms with E-state index in [1.54, 1.807) is 0 Å². The second kappa shape index (κ2) is 5.48. The molecule has 2 rings (SSSR count). The third-order valence-corrected chi connectivity index (χ3v) is 3.14. The van der Waals surface area contributed by atoms with Crippen molar-refractivity contribution in [2.75, 3.05) is 13.3 Å². The fourth-order valence-corrected chi connectivity index (χ4v) is 2.04. The van der Waals surface area contributed by atoms with Crippen molar-refractivity contribution in [1.29, 1.82) is 0 Å². The van der Waals surface area contributed by atoms with Gasteiger partial charge in [-0.2, -0.15) is 0 Å². The molecule has 1 aliphatic rings. The molecule has 3 N–H and O–H groups in total. The van der Waals surface area contributed by atoms with Gasteiger partial charge in [0.25, 0.3) is 0 Å². The van der Waals surface area contributed by atoms with Crippen molar-refractivity contribution < 1.29 is 14.3 Å². The van der Waals surface area contributed by atoms with E-state index < -0.39 is 0 Å². The molecule has 1 heterocycles. The summed E-state index contributed by atoms with van der Waals surface area (Å²) in [5, 5.41) is 2.91. The molecule has 0 unspecified atom stereocenters. The van der Waals surface area contributed by atoms with Crippen LogP contribution in [0.4, 0.5) is 0 Å². The Hall–Kier alpha value is -1.75. The van der Waals surface area contributed by atoms with E-state index in [0.29, 0.717) is 0 Å². The zero-order chi connectivity index (χ0) is 13.9. The van der Waals surface area contributed by atoms with Gasteiger partial charge in [-0.25, -0.2) is 0 Å². The van der Waals surface area contributed by atoms with Crippen molar-refractivity contribution in [3.8, 4) is 11.5 Å². The fraction of sp³-hybridized carbons (Fsp3) is 0.500. The number of nitrogens with one attached hydrogen (secondary N) is 1. The molecule has 19 heavy (non-hydrogen) atoms. The average molecular weight is 264 g/mol. The molecule has 1 aromatic rings. The number of benzene rings is 1. The van der Waals surface area contributed by atoms with Crippen LogP contribution in [0.25, 0.3) is 0 Å². The number of aryl methyl sites for hydroxylation is 1. The Balaban J connectivity index is 1.93. The Morgan fingerprint density at radius 2 is 2.11 bits per heavy atom. The van der Waals surface area contributed by atoms with Crippen LogP contribution in [-0.2, 0) is 11.2 Å². The van der Waals surface area contributed by atoms with Gasteiger partial charge in [0, 0.05) is 5.54 Å². The van der Waals surface area contributed by atoms with Crippen molar-refractivity contribution in [1.82, 2.24) is 5.32 Å².